The van der Waals surface area contributed by atoms with Crippen molar-refractivity contribution in [3.8, 4) is 0 Å². The average Bonchev–Trinajstić information content (AvgIpc) is 2.46. The summed E-state index contributed by atoms with van der Waals surface area (Å²) in [6.07, 6.45) is 3.35. The Balaban J connectivity index is 2.04. The van der Waals surface area contributed by atoms with Gasteiger partial charge in [0.05, 0.1) is 0 Å². The lowest BCUT2D eigenvalue weighted by Crippen LogP contribution is -2.02. The van der Waals surface area contributed by atoms with Crippen molar-refractivity contribution in [2.45, 2.75) is 0 Å². The third kappa shape index (κ3) is 2.38. The summed E-state index contributed by atoms with van der Waals surface area (Å²) in [6.45, 7) is 0. The second-order valence-electron chi connectivity index (χ2n) is 4.49. The number of aromatic amines is 1. The van der Waals surface area contributed by atoms with Gasteiger partial charge in [-0.1, -0.05) is 30.3 Å². The minimum Gasteiger partial charge on any atom is -0.355 e. The van der Waals surface area contributed by atoms with Gasteiger partial charge in [0.15, 0.2) is 5.43 Å². The molecule has 98 valence electrons. The van der Waals surface area contributed by atoms with E-state index in [1.165, 1.54) is 12.1 Å². The van der Waals surface area contributed by atoms with Gasteiger partial charge in [0, 0.05) is 28.2 Å². The Morgan fingerprint density at radius 3 is 2.55 bits per heavy atom. The van der Waals surface area contributed by atoms with E-state index in [1.54, 1.807) is 36.4 Å². The molecule has 2 aromatic carbocycles. The summed E-state index contributed by atoms with van der Waals surface area (Å²) in [5.41, 5.74) is 1.86. The van der Waals surface area contributed by atoms with Gasteiger partial charge in [-0.05, 0) is 30.4 Å². The zero-order chi connectivity index (χ0) is 13.9. The Kier molecular flexibility index (Phi) is 3.17. The van der Waals surface area contributed by atoms with Crippen LogP contribution in [0.5, 0.6) is 0 Å². The first kappa shape index (κ1) is 12.4. The van der Waals surface area contributed by atoms with Crippen LogP contribution in [0, 0.1) is 5.82 Å². The molecule has 2 nitrogen and oxygen atoms in total. The normalized spacial score (nSPS) is 11.2. The Bertz CT molecular complexity index is 849. The minimum atomic E-state index is -0.285. The second-order valence-corrected chi connectivity index (χ2v) is 4.49. The van der Waals surface area contributed by atoms with E-state index in [-0.39, 0.29) is 11.2 Å². The minimum absolute atomic E-state index is 0.0486. The van der Waals surface area contributed by atoms with Crippen LogP contribution < -0.4 is 5.43 Å². The van der Waals surface area contributed by atoms with Crippen molar-refractivity contribution in [1.29, 1.82) is 0 Å². The number of nitrogens with one attached hydrogen (secondary N) is 1. The molecule has 1 heterocycles. The Hall–Kier alpha value is -2.68. The first-order valence-electron chi connectivity index (χ1n) is 6.29. The number of aromatic nitrogens is 1. The van der Waals surface area contributed by atoms with E-state index in [9.17, 15) is 9.18 Å². The predicted molar refractivity (Wildman–Crippen MR) is 79.9 cm³/mol. The van der Waals surface area contributed by atoms with Crippen LogP contribution in [0.15, 0.2) is 59.4 Å². The van der Waals surface area contributed by atoms with Crippen LogP contribution in [0.4, 0.5) is 4.39 Å². The number of rotatable bonds is 2. The van der Waals surface area contributed by atoms with Crippen LogP contribution in [-0.2, 0) is 0 Å². The van der Waals surface area contributed by atoms with Crippen molar-refractivity contribution >= 4 is 23.1 Å². The monoisotopic (exact) mass is 265 g/mol. The van der Waals surface area contributed by atoms with E-state index in [0.29, 0.717) is 16.6 Å². The second kappa shape index (κ2) is 5.13. The highest BCUT2D eigenvalue weighted by Gasteiger charge is 2.00. The predicted octanol–water partition coefficient (Wildman–Crippen LogP) is 3.84. The van der Waals surface area contributed by atoms with Crippen molar-refractivity contribution in [1.82, 2.24) is 4.98 Å². The first-order valence-corrected chi connectivity index (χ1v) is 6.29. The molecule has 1 aromatic heterocycles. The van der Waals surface area contributed by atoms with Crippen LogP contribution in [0.25, 0.3) is 23.1 Å². The van der Waals surface area contributed by atoms with Gasteiger partial charge in [-0.25, -0.2) is 4.39 Å². The van der Waals surface area contributed by atoms with E-state index < -0.39 is 0 Å². The summed E-state index contributed by atoms with van der Waals surface area (Å²) >= 11 is 0. The maximum atomic E-state index is 13.5. The lowest BCUT2D eigenvalue weighted by molar-refractivity contribution is 0.625. The van der Waals surface area contributed by atoms with E-state index >= 15 is 0 Å². The number of halogens is 1. The Morgan fingerprint density at radius 1 is 0.950 bits per heavy atom. The lowest BCUT2D eigenvalue weighted by Gasteiger charge is -2.00. The van der Waals surface area contributed by atoms with Crippen LogP contribution in [0.2, 0.25) is 0 Å². The van der Waals surface area contributed by atoms with Gasteiger partial charge in [0.1, 0.15) is 5.82 Å². The molecule has 0 bridgehead atoms. The molecule has 0 radical (unpaired) electrons. The number of para-hydroxylation sites is 1. The molecule has 0 aliphatic carbocycles. The average molecular weight is 265 g/mol. The zero-order valence-electron chi connectivity index (χ0n) is 10.6. The fourth-order valence-corrected chi connectivity index (χ4v) is 2.10. The fraction of sp³-hybridized carbons (Fsp3) is 0. The van der Waals surface area contributed by atoms with Crippen molar-refractivity contribution in [3.63, 3.8) is 0 Å². The number of H-pyrrole nitrogens is 1. The van der Waals surface area contributed by atoms with Gasteiger partial charge in [-0.2, -0.15) is 0 Å². The summed E-state index contributed by atoms with van der Waals surface area (Å²) in [7, 11) is 0. The molecular formula is C17H12FNO. The number of pyridine rings is 1. The Morgan fingerprint density at radius 2 is 1.70 bits per heavy atom. The highest BCUT2D eigenvalue weighted by atomic mass is 19.1. The van der Waals surface area contributed by atoms with Crippen molar-refractivity contribution in [2.75, 3.05) is 0 Å². The standard InChI is InChI=1S/C17H12FNO/c18-15-7-3-1-5-12(15)9-10-13-11-17(20)14-6-2-4-8-16(14)19-13/h1-11H,(H,19,20)/b10-9+. The fourth-order valence-electron chi connectivity index (χ4n) is 2.10. The number of hydrogen-bond donors (Lipinski definition) is 1. The largest absolute Gasteiger partial charge is 0.355 e. The summed E-state index contributed by atoms with van der Waals surface area (Å²) in [4.78, 5) is 15.1. The summed E-state index contributed by atoms with van der Waals surface area (Å²) < 4.78 is 13.5. The molecule has 3 aromatic rings. The number of fused-ring (bicyclic) bond motifs is 1. The van der Waals surface area contributed by atoms with Gasteiger partial charge >= 0.3 is 0 Å². The molecule has 0 amide bonds. The van der Waals surface area contributed by atoms with E-state index in [2.05, 4.69) is 4.98 Å². The third-order valence-electron chi connectivity index (χ3n) is 3.11. The van der Waals surface area contributed by atoms with Crippen molar-refractivity contribution < 1.29 is 4.39 Å². The van der Waals surface area contributed by atoms with E-state index in [4.69, 9.17) is 0 Å². The number of hydrogen-bond acceptors (Lipinski definition) is 1. The molecular weight excluding hydrogens is 253 g/mol. The molecule has 0 atom stereocenters. The maximum Gasteiger partial charge on any atom is 0.189 e. The van der Waals surface area contributed by atoms with Gasteiger partial charge in [-0.15, -0.1) is 0 Å². The van der Waals surface area contributed by atoms with Gasteiger partial charge in [-0.3, -0.25) is 4.79 Å². The van der Waals surface area contributed by atoms with E-state index in [0.717, 1.165) is 5.52 Å². The highest BCUT2D eigenvalue weighted by Crippen LogP contribution is 2.12. The van der Waals surface area contributed by atoms with Crippen LogP contribution >= 0.6 is 0 Å². The van der Waals surface area contributed by atoms with Gasteiger partial charge in [0.25, 0.3) is 0 Å². The molecule has 0 fully saturated rings. The molecule has 0 aliphatic heterocycles. The molecule has 3 heteroatoms. The molecule has 20 heavy (non-hydrogen) atoms. The number of benzene rings is 2. The summed E-state index contributed by atoms with van der Waals surface area (Å²) in [5, 5.41) is 0.649. The third-order valence-corrected chi connectivity index (χ3v) is 3.11. The molecule has 1 N–H and O–H groups in total. The smallest absolute Gasteiger partial charge is 0.189 e. The SMILES string of the molecule is O=c1cc(/C=C/c2ccccc2F)[nH]c2ccccc12. The maximum absolute atomic E-state index is 13.5. The van der Waals surface area contributed by atoms with Crippen LogP contribution in [0.3, 0.4) is 0 Å². The highest BCUT2D eigenvalue weighted by molar-refractivity contribution is 5.80. The quantitative estimate of drug-likeness (QED) is 0.750. The van der Waals surface area contributed by atoms with Gasteiger partial charge < -0.3 is 4.98 Å². The van der Waals surface area contributed by atoms with Gasteiger partial charge in [0.2, 0.25) is 0 Å². The topological polar surface area (TPSA) is 32.9 Å². The van der Waals surface area contributed by atoms with Crippen LogP contribution in [0.1, 0.15) is 11.3 Å². The molecule has 0 aliphatic rings. The van der Waals surface area contributed by atoms with Crippen molar-refractivity contribution in [2.24, 2.45) is 0 Å². The lowest BCUT2D eigenvalue weighted by atomic mass is 10.1. The van der Waals surface area contributed by atoms with Crippen LogP contribution in [-0.4, -0.2) is 4.98 Å². The zero-order valence-corrected chi connectivity index (χ0v) is 10.6. The summed E-state index contributed by atoms with van der Waals surface area (Å²) in [6, 6.07) is 15.3. The molecule has 0 unspecified atom stereocenters. The first-order chi connectivity index (χ1) is 9.74. The molecule has 0 saturated carbocycles. The van der Waals surface area contributed by atoms with Crippen molar-refractivity contribution in [3.05, 3.63) is 81.9 Å². The molecule has 3 rings (SSSR count). The molecule has 0 saturated heterocycles. The summed E-state index contributed by atoms with van der Waals surface area (Å²) in [5.74, 6) is -0.285. The Labute approximate surface area is 115 Å². The van der Waals surface area contributed by atoms with E-state index in [1.807, 2.05) is 18.2 Å². The molecule has 0 spiro atoms.